The highest BCUT2D eigenvalue weighted by atomic mass is 19.1. The Kier molecular flexibility index (Phi) is 5.18. The zero-order valence-electron chi connectivity index (χ0n) is 17.8. The van der Waals surface area contributed by atoms with Gasteiger partial charge in [-0.1, -0.05) is 18.2 Å². The van der Waals surface area contributed by atoms with Gasteiger partial charge >= 0.3 is 0 Å². The summed E-state index contributed by atoms with van der Waals surface area (Å²) < 4.78 is 14.1. The number of para-hydroxylation sites is 1. The van der Waals surface area contributed by atoms with Gasteiger partial charge in [0.1, 0.15) is 17.8 Å². The standard InChI is InChI=1S/C24H24FN7/c1-16-9-10-17-19(29-16)6-4-7-20(17)30-23-22(26)24(28-15-27-23)32-13-11-31(12-14-32)21-8-3-2-5-18(21)25/h2-10,15H,11-14,26H2,1H3,(H,27,28,30). The van der Waals surface area contributed by atoms with Crippen molar-refractivity contribution in [2.24, 2.45) is 0 Å². The van der Waals surface area contributed by atoms with Gasteiger partial charge < -0.3 is 20.9 Å². The molecule has 32 heavy (non-hydrogen) atoms. The van der Waals surface area contributed by atoms with Crippen LogP contribution in [0, 0.1) is 12.7 Å². The van der Waals surface area contributed by atoms with Gasteiger partial charge in [-0.2, -0.15) is 0 Å². The van der Waals surface area contributed by atoms with E-state index in [1.54, 1.807) is 6.07 Å². The highest BCUT2D eigenvalue weighted by Crippen LogP contribution is 2.32. The minimum absolute atomic E-state index is 0.200. The first kappa shape index (κ1) is 20.0. The molecule has 1 aliphatic heterocycles. The number of piperazine rings is 1. The Morgan fingerprint density at radius 2 is 1.69 bits per heavy atom. The monoisotopic (exact) mass is 429 g/mol. The Morgan fingerprint density at radius 1 is 0.906 bits per heavy atom. The minimum Gasteiger partial charge on any atom is -0.393 e. The summed E-state index contributed by atoms with van der Waals surface area (Å²) in [4.78, 5) is 17.6. The molecule has 3 heterocycles. The summed E-state index contributed by atoms with van der Waals surface area (Å²) in [5, 5.41) is 4.35. The Morgan fingerprint density at radius 3 is 2.50 bits per heavy atom. The maximum Gasteiger partial charge on any atom is 0.159 e. The lowest BCUT2D eigenvalue weighted by Crippen LogP contribution is -2.47. The van der Waals surface area contributed by atoms with Gasteiger partial charge in [-0.3, -0.25) is 4.98 Å². The van der Waals surface area contributed by atoms with Crippen molar-refractivity contribution in [1.29, 1.82) is 0 Å². The zero-order chi connectivity index (χ0) is 22.1. The summed E-state index contributed by atoms with van der Waals surface area (Å²) in [7, 11) is 0. The molecule has 0 bridgehead atoms. The minimum atomic E-state index is -0.200. The summed E-state index contributed by atoms with van der Waals surface area (Å²) in [6.07, 6.45) is 1.52. The summed E-state index contributed by atoms with van der Waals surface area (Å²) in [5.41, 5.74) is 10.4. The van der Waals surface area contributed by atoms with E-state index in [0.717, 1.165) is 22.3 Å². The van der Waals surface area contributed by atoms with E-state index in [2.05, 4.69) is 25.2 Å². The Labute approximate surface area is 185 Å². The van der Waals surface area contributed by atoms with Gasteiger partial charge in [-0.05, 0) is 43.3 Å². The SMILES string of the molecule is Cc1ccc2c(Nc3ncnc(N4CCN(c5ccccc5F)CC4)c3N)cccc2n1. The molecule has 4 aromatic rings. The maximum atomic E-state index is 14.1. The van der Waals surface area contributed by atoms with Crippen molar-refractivity contribution in [2.75, 3.05) is 47.0 Å². The van der Waals surface area contributed by atoms with Crippen LogP contribution in [-0.2, 0) is 0 Å². The van der Waals surface area contributed by atoms with Crippen LogP contribution in [0.4, 0.5) is 33.1 Å². The number of hydrogen-bond acceptors (Lipinski definition) is 7. The van der Waals surface area contributed by atoms with Crippen LogP contribution < -0.4 is 20.9 Å². The number of nitrogen functional groups attached to an aromatic ring is 1. The number of nitrogens with one attached hydrogen (secondary N) is 1. The van der Waals surface area contributed by atoms with E-state index < -0.39 is 0 Å². The predicted molar refractivity (Wildman–Crippen MR) is 127 cm³/mol. The molecular weight excluding hydrogens is 405 g/mol. The van der Waals surface area contributed by atoms with Crippen molar-refractivity contribution >= 4 is 39.6 Å². The summed E-state index contributed by atoms with van der Waals surface area (Å²) in [5.74, 6) is 1.04. The largest absolute Gasteiger partial charge is 0.393 e. The Hall–Kier alpha value is -3.94. The van der Waals surface area contributed by atoms with E-state index in [1.165, 1.54) is 12.4 Å². The molecule has 2 aromatic carbocycles. The number of nitrogens with two attached hydrogens (primary N) is 1. The van der Waals surface area contributed by atoms with Gasteiger partial charge in [-0.25, -0.2) is 14.4 Å². The normalized spacial score (nSPS) is 14.1. The summed E-state index contributed by atoms with van der Waals surface area (Å²) in [6.45, 7) is 4.71. The molecule has 1 saturated heterocycles. The molecule has 0 saturated carbocycles. The van der Waals surface area contributed by atoms with E-state index in [-0.39, 0.29) is 5.82 Å². The lowest BCUT2D eigenvalue weighted by atomic mass is 10.1. The van der Waals surface area contributed by atoms with E-state index in [9.17, 15) is 4.39 Å². The van der Waals surface area contributed by atoms with Gasteiger partial charge in [0.05, 0.1) is 11.2 Å². The van der Waals surface area contributed by atoms with Gasteiger partial charge in [0.15, 0.2) is 11.6 Å². The third-order valence-electron chi connectivity index (χ3n) is 5.76. The molecule has 7 nitrogen and oxygen atoms in total. The van der Waals surface area contributed by atoms with Crippen molar-refractivity contribution in [3.8, 4) is 0 Å². The molecule has 1 fully saturated rings. The van der Waals surface area contributed by atoms with Gasteiger partial charge in [0.2, 0.25) is 0 Å². The molecule has 0 aliphatic carbocycles. The molecule has 0 radical (unpaired) electrons. The fourth-order valence-corrected chi connectivity index (χ4v) is 4.10. The number of aromatic nitrogens is 3. The van der Waals surface area contributed by atoms with Gasteiger partial charge in [-0.15, -0.1) is 0 Å². The third-order valence-corrected chi connectivity index (χ3v) is 5.76. The number of aryl methyl sites for hydroxylation is 1. The number of hydrogen-bond donors (Lipinski definition) is 2. The van der Waals surface area contributed by atoms with Crippen molar-refractivity contribution in [2.45, 2.75) is 6.92 Å². The number of anilines is 5. The maximum absolute atomic E-state index is 14.1. The van der Waals surface area contributed by atoms with Crippen LogP contribution in [0.2, 0.25) is 0 Å². The molecule has 8 heteroatoms. The van der Waals surface area contributed by atoms with Crippen molar-refractivity contribution < 1.29 is 4.39 Å². The fraction of sp³-hybridized carbons (Fsp3) is 0.208. The van der Waals surface area contributed by atoms with Crippen LogP contribution in [0.5, 0.6) is 0 Å². The Balaban J connectivity index is 1.37. The molecule has 1 aliphatic rings. The second kappa shape index (κ2) is 8.30. The third kappa shape index (κ3) is 3.75. The van der Waals surface area contributed by atoms with E-state index in [4.69, 9.17) is 5.73 Å². The molecular formula is C24H24FN7. The first-order valence-corrected chi connectivity index (χ1v) is 10.6. The van der Waals surface area contributed by atoms with Crippen LogP contribution in [0.1, 0.15) is 5.69 Å². The van der Waals surface area contributed by atoms with Crippen LogP contribution in [0.3, 0.4) is 0 Å². The smallest absolute Gasteiger partial charge is 0.159 e. The molecule has 0 atom stereocenters. The number of pyridine rings is 1. The molecule has 0 spiro atoms. The number of nitrogens with zero attached hydrogens (tertiary/aromatic N) is 5. The molecule has 5 rings (SSSR count). The number of benzene rings is 2. The lowest BCUT2D eigenvalue weighted by molar-refractivity contribution is 0.596. The fourth-order valence-electron chi connectivity index (χ4n) is 4.10. The first-order valence-electron chi connectivity index (χ1n) is 10.6. The summed E-state index contributed by atoms with van der Waals surface area (Å²) >= 11 is 0. The van der Waals surface area contributed by atoms with Crippen LogP contribution >= 0.6 is 0 Å². The quantitative estimate of drug-likeness (QED) is 0.505. The van der Waals surface area contributed by atoms with Gasteiger partial charge in [0.25, 0.3) is 0 Å². The van der Waals surface area contributed by atoms with E-state index in [0.29, 0.717) is 49.2 Å². The molecule has 0 unspecified atom stereocenters. The number of rotatable bonds is 4. The number of halogens is 1. The van der Waals surface area contributed by atoms with Crippen molar-refractivity contribution in [1.82, 2.24) is 15.0 Å². The van der Waals surface area contributed by atoms with Gasteiger partial charge in [0, 0.05) is 42.9 Å². The first-order chi connectivity index (χ1) is 15.6. The van der Waals surface area contributed by atoms with E-state index >= 15 is 0 Å². The number of fused-ring (bicyclic) bond motifs is 1. The Bertz CT molecular complexity index is 1270. The van der Waals surface area contributed by atoms with Crippen LogP contribution in [-0.4, -0.2) is 41.1 Å². The van der Waals surface area contributed by atoms with Crippen LogP contribution in [0.25, 0.3) is 10.9 Å². The zero-order valence-corrected chi connectivity index (χ0v) is 17.8. The second-order valence-electron chi connectivity index (χ2n) is 7.83. The molecule has 162 valence electrons. The molecule has 2 aromatic heterocycles. The van der Waals surface area contributed by atoms with Crippen molar-refractivity contribution in [3.05, 3.63) is 72.4 Å². The predicted octanol–water partition coefficient (Wildman–Crippen LogP) is 4.12. The molecule has 3 N–H and O–H groups in total. The lowest BCUT2D eigenvalue weighted by Gasteiger charge is -2.37. The average Bonchev–Trinajstić information content (AvgIpc) is 2.81. The van der Waals surface area contributed by atoms with Crippen molar-refractivity contribution in [3.63, 3.8) is 0 Å². The van der Waals surface area contributed by atoms with Crippen LogP contribution in [0.15, 0.2) is 60.9 Å². The highest BCUT2D eigenvalue weighted by Gasteiger charge is 2.23. The average molecular weight is 430 g/mol. The highest BCUT2D eigenvalue weighted by molar-refractivity contribution is 5.94. The summed E-state index contributed by atoms with van der Waals surface area (Å²) in [6, 6.07) is 16.8. The van der Waals surface area contributed by atoms with E-state index in [1.807, 2.05) is 54.3 Å². The topological polar surface area (TPSA) is 83.2 Å². The molecule has 0 amide bonds. The second-order valence-corrected chi connectivity index (χ2v) is 7.83.